The highest BCUT2D eigenvalue weighted by Crippen LogP contribution is 2.28. The van der Waals surface area contributed by atoms with Gasteiger partial charge >= 0.3 is 5.69 Å². The van der Waals surface area contributed by atoms with Crippen LogP contribution in [0.5, 0.6) is 5.88 Å². The molecule has 0 aromatic carbocycles. The van der Waals surface area contributed by atoms with Gasteiger partial charge < -0.3 is 10.1 Å². The van der Waals surface area contributed by atoms with Crippen LogP contribution in [0.4, 0.5) is 11.6 Å². The Morgan fingerprint density at radius 2 is 2.20 bits per heavy atom. The van der Waals surface area contributed by atoms with Crippen LogP contribution in [0.15, 0.2) is 12.2 Å². The summed E-state index contributed by atoms with van der Waals surface area (Å²) in [7, 11) is 0. The molecule has 0 saturated carbocycles. The maximum atomic E-state index is 11.1. The fourth-order valence-corrected chi connectivity index (χ4v) is 1.49. The summed E-state index contributed by atoms with van der Waals surface area (Å²) in [5.41, 5.74) is 1.05. The number of hydrogen-bond donors (Lipinski definition) is 1. The Morgan fingerprint density at radius 3 is 2.75 bits per heavy atom. The van der Waals surface area contributed by atoms with Gasteiger partial charge in [-0.3, -0.25) is 10.1 Å². The molecule has 0 saturated heterocycles. The molecule has 0 bridgehead atoms. The minimum atomic E-state index is -0.519. The van der Waals surface area contributed by atoms with E-state index in [-0.39, 0.29) is 17.3 Å². The van der Waals surface area contributed by atoms with Gasteiger partial charge in [0.15, 0.2) is 0 Å². The van der Waals surface area contributed by atoms with Gasteiger partial charge in [0.1, 0.15) is 5.69 Å². The molecule has 1 aromatic rings. The van der Waals surface area contributed by atoms with E-state index in [4.69, 9.17) is 4.74 Å². The minimum Gasteiger partial charge on any atom is -0.472 e. The zero-order chi connectivity index (χ0) is 15.1. The van der Waals surface area contributed by atoms with Crippen molar-refractivity contribution >= 4 is 11.6 Å². The van der Waals surface area contributed by atoms with Gasteiger partial charge in [-0.25, -0.2) is 4.98 Å². The van der Waals surface area contributed by atoms with E-state index in [0.717, 1.165) is 12.0 Å². The summed E-state index contributed by atoms with van der Waals surface area (Å²) in [5.74, 6) is 0.350. The molecule has 0 atom stereocenters. The van der Waals surface area contributed by atoms with E-state index < -0.39 is 4.92 Å². The number of aromatic nitrogens is 2. The molecule has 1 heterocycles. The molecule has 0 radical (unpaired) electrons. The summed E-state index contributed by atoms with van der Waals surface area (Å²) in [6, 6.07) is 0. The molecule has 1 aromatic heterocycles. The summed E-state index contributed by atoms with van der Waals surface area (Å²) in [6.07, 6.45) is 1.53. The Balaban J connectivity index is 2.98. The van der Waals surface area contributed by atoms with E-state index >= 15 is 0 Å². The molecule has 1 N–H and O–H groups in total. The molecule has 0 unspecified atom stereocenters. The molecule has 7 nitrogen and oxygen atoms in total. The Morgan fingerprint density at radius 1 is 1.50 bits per heavy atom. The van der Waals surface area contributed by atoms with E-state index in [9.17, 15) is 10.1 Å². The Hall–Kier alpha value is -2.18. The van der Waals surface area contributed by atoms with Crippen LogP contribution < -0.4 is 10.1 Å². The third kappa shape index (κ3) is 4.49. The fraction of sp³-hybridized carbons (Fsp3) is 0.538. The Labute approximate surface area is 118 Å². The van der Waals surface area contributed by atoms with Crippen LogP contribution in [-0.2, 0) is 0 Å². The predicted octanol–water partition coefficient (Wildman–Crippen LogP) is 2.86. The van der Waals surface area contributed by atoms with Crippen LogP contribution in [0.2, 0.25) is 0 Å². The summed E-state index contributed by atoms with van der Waals surface area (Å²) in [5, 5.41) is 14.1. The smallest absolute Gasteiger partial charge is 0.352 e. The topological polar surface area (TPSA) is 90.2 Å². The molecule has 0 aliphatic rings. The van der Waals surface area contributed by atoms with Gasteiger partial charge in [0, 0.05) is 13.0 Å². The average molecular weight is 280 g/mol. The van der Waals surface area contributed by atoms with E-state index in [1.807, 2.05) is 13.8 Å². The van der Waals surface area contributed by atoms with Crippen molar-refractivity contribution in [2.45, 2.75) is 33.6 Å². The predicted molar refractivity (Wildman–Crippen MR) is 77.1 cm³/mol. The van der Waals surface area contributed by atoms with Crippen LogP contribution in [0.25, 0.3) is 0 Å². The molecular weight excluding hydrogens is 260 g/mol. The van der Waals surface area contributed by atoms with Gasteiger partial charge in [-0.05, 0) is 20.3 Å². The molecule has 0 fully saturated rings. The van der Waals surface area contributed by atoms with Gasteiger partial charge in [-0.2, -0.15) is 4.98 Å². The minimum absolute atomic E-state index is 0.00218. The van der Waals surface area contributed by atoms with E-state index in [1.165, 1.54) is 0 Å². The number of nitro groups is 1. The molecule has 1 rings (SSSR count). The first-order valence-electron chi connectivity index (χ1n) is 6.49. The number of anilines is 1. The highest BCUT2D eigenvalue weighted by molar-refractivity contribution is 5.48. The zero-order valence-corrected chi connectivity index (χ0v) is 12.1. The van der Waals surface area contributed by atoms with Crippen LogP contribution in [0.1, 0.15) is 32.4 Å². The van der Waals surface area contributed by atoms with Crippen molar-refractivity contribution in [2.24, 2.45) is 0 Å². The monoisotopic (exact) mass is 280 g/mol. The van der Waals surface area contributed by atoms with E-state index in [1.54, 1.807) is 6.92 Å². The van der Waals surface area contributed by atoms with Crippen molar-refractivity contribution in [3.63, 3.8) is 0 Å². The largest absolute Gasteiger partial charge is 0.472 e. The molecule has 0 aliphatic carbocycles. The lowest BCUT2D eigenvalue weighted by atomic mass is 10.3. The van der Waals surface area contributed by atoms with Crippen LogP contribution in [0, 0.1) is 17.0 Å². The van der Waals surface area contributed by atoms with Crippen LogP contribution in [-0.4, -0.2) is 28.0 Å². The third-order valence-electron chi connectivity index (χ3n) is 2.51. The van der Waals surface area contributed by atoms with Gasteiger partial charge in [0.25, 0.3) is 5.88 Å². The van der Waals surface area contributed by atoms with Crippen molar-refractivity contribution in [3.05, 3.63) is 28.0 Å². The lowest BCUT2D eigenvalue weighted by Crippen LogP contribution is -2.10. The standard InChI is InChI=1S/C13H20N4O3/c1-5-7-14-13-15-10(4)11(17(18)19)12(16-13)20-8-6-9(2)3/h2,5-8H2,1,3-4H3,(H,14,15,16). The van der Waals surface area contributed by atoms with Crippen LogP contribution in [0.3, 0.4) is 0 Å². The second kappa shape index (κ2) is 7.42. The second-order valence-corrected chi connectivity index (χ2v) is 4.53. The molecule has 0 spiro atoms. The number of hydrogen-bond acceptors (Lipinski definition) is 6. The highest BCUT2D eigenvalue weighted by atomic mass is 16.6. The van der Waals surface area contributed by atoms with E-state index in [2.05, 4.69) is 21.9 Å². The first-order valence-corrected chi connectivity index (χ1v) is 6.49. The van der Waals surface area contributed by atoms with Gasteiger partial charge in [-0.1, -0.05) is 12.5 Å². The average Bonchev–Trinajstić information content (AvgIpc) is 2.34. The van der Waals surface area contributed by atoms with E-state index in [0.29, 0.717) is 25.5 Å². The molecule has 0 amide bonds. The fourth-order valence-electron chi connectivity index (χ4n) is 1.49. The number of ether oxygens (including phenoxy) is 1. The summed E-state index contributed by atoms with van der Waals surface area (Å²) in [6.45, 7) is 10.2. The number of nitrogens with zero attached hydrogens (tertiary/aromatic N) is 3. The van der Waals surface area contributed by atoms with Gasteiger partial charge in [0.05, 0.1) is 11.5 Å². The zero-order valence-electron chi connectivity index (χ0n) is 12.1. The maximum absolute atomic E-state index is 11.1. The number of aryl methyl sites for hydroxylation is 1. The van der Waals surface area contributed by atoms with Crippen LogP contribution >= 0.6 is 0 Å². The molecule has 20 heavy (non-hydrogen) atoms. The molecule has 0 aliphatic heterocycles. The SMILES string of the molecule is C=C(C)CCOc1nc(NCCC)nc(C)c1[N+](=O)[O-]. The normalized spacial score (nSPS) is 10.2. The maximum Gasteiger partial charge on any atom is 0.352 e. The summed E-state index contributed by atoms with van der Waals surface area (Å²) >= 11 is 0. The van der Waals surface area contributed by atoms with Crippen molar-refractivity contribution in [1.29, 1.82) is 0 Å². The number of rotatable bonds is 8. The van der Waals surface area contributed by atoms with Crippen molar-refractivity contribution in [2.75, 3.05) is 18.5 Å². The second-order valence-electron chi connectivity index (χ2n) is 4.53. The first-order chi connectivity index (χ1) is 9.45. The summed E-state index contributed by atoms with van der Waals surface area (Å²) < 4.78 is 5.42. The lowest BCUT2D eigenvalue weighted by molar-refractivity contribution is -0.387. The highest BCUT2D eigenvalue weighted by Gasteiger charge is 2.23. The third-order valence-corrected chi connectivity index (χ3v) is 2.51. The number of nitrogens with one attached hydrogen (secondary N) is 1. The quantitative estimate of drug-likeness (QED) is 0.447. The van der Waals surface area contributed by atoms with Gasteiger partial charge in [-0.15, -0.1) is 6.58 Å². The van der Waals surface area contributed by atoms with Gasteiger partial charge in [0.2, 0.25) is 5.95 Å². The lowest BCUT2D eigenvalue weighted by Gasteiger charge is -2.09. The van der Waals surface area contributed by atoms with Crippen molar-refractivity contribution in [3.8, 4) is 5.88 Å². The molecular formula is C13H20N4O3. The molecule has 7 heteroatoms. The van der Waals surface area contributed by atoms with Crippen molar-refractivity contribution in [1.82, 2.24) is 9.97 Å². The summed E-state index contributed by atoms with van der Waals surface area (Å²) in [4.78, 5) is 18.7. The van der Waals surface area contributed by atoms with Crippen molar-refractivity contribution < 1.29 is 9.66 Å². The molecule has 110 valence electrons. The Kier molecular flexibility index (Phi) is 5.89. The Bertz CT molecular complexity index is 503. The first kappa shape index (κ1) is 15.9.